The van der Waals surface area contributed by atoms with E-state index in [1.165, 1.54) is 12.1 Å². The molecule has 0 spiro atoms. The van der Waals surface area contributed by atoms with Crippen LogP contribution in [0.2, 0.25) is 0 Å². The summed E-state index contributed by atoms with van der Waals surface area (Å²) in [7, 11) is 0. The zero-order valence-corrected chi connectivity index (χ0v) is 10.9. The Morgan fingerprint density at radius 3 is 2.53 bits per heavy atom. The van der Waals surface area contributed by atoms with Gasteiger partial charge >= 0.3 is 0 Å². The molecule has 2 nitrogen and oxygen atoms in total. The molecule has 0 atom stereocenters. The van der Waals surface area contributed by atoms with Crippen molar-refractivity contribution in [2.75, 3.05) is 0 Å². The molecule has 1 aromatic heterocycles. The summed E-state index contributed by atoms with van der Waals surface area (Å²) < 4.78 is 15.0. The van der Waals surface area contributed by atoms with Crippen LogP contribution < -0.4 is 0 Å². The summed E-state index contributed by atoms with van der Waals surface area (Å²) >= 11 is 5.95. The summed E-state index contributed by atoms with van der Waals surface area (Å²) in [6.45, 7) is 0.642. The van der Waals surface area contributed by atoms with E-state index < -0.39 is 0 Å². The minimum atomic E-state index is -0.225. The van der Waals surface area contributed by atoms with Crippen LogP contribution in [0.15, 0.2) is 48.5 Å². The maximum atomic E-state index is 12.9. The zero-order chi connectivity index (χ0) is 13.2. The first kappa shape index (κ1) is 12.2. The third kappa shape index (κ3) is 2.34. The molecule has 0 aliphatic carbocycles. The highest BCUT2D eigenvalue weighted by Crippen LogP contribution is 2.19. The second-order valence-electron chi connectivity index (χ2n) is 4.36. The number of halogens is 2. The molecule has 0 bridgehead atoms. The largest absolute Gasteiger partial charge is 0.322 e. The van der Waals surface area contributed by atoms with Crippen LogP contribution in [0.4, 0.5) is 4.39 Å². The monoisotopic (exact) mass is 274 g/mol. The summed E-state index contributed by atoms with van der Waals surface area (Å²) in [5.41, 5.74) is 3.00. The van der Waals surface area contributed by atoms with Crippen LogP contribution in [0, 0.1) is 5.82 Å². The average molecular weight is 275 g/mol. The van der Waals surface area contributed by atoms with Gasteiger partial charge in [0.2, 0.25) is 0 Å². The third-order valence-corrected chi connectivity index (χ3v) is 3.35. The van der Waals surface area contributed by atoms with Gasteiger partial charge in [0.25, 0.3) is 0 Å². The second kappa shape index (κ2) is 5.02. The van der Waals surface area contributed by atoms with Crippen LogP contribution in [0.5, 0.6) is 0 Å². The molecule has 1 heterocycles. The Kier molecular flexibility index (Phi) is 3.22. The smallest absolute Gasteiger partial charge is 0.125 e. The maximum Gasteiger partial charge on any atom is 0.125 e. The maximum absolute atomic E-state index is 12.9. The molecule has 0 fully saturated rings. The van der Waals surface area contributed by atoms with Gasteiger partial charge in [0, 0.05) is 6.54 Å². The van der Waals surface area contributed by atoms with Gasteiger partial charge in [0.15, 0.2) is 0 Å². The van der Waals surface area contributed by atoms with Crippen LogP contribution in [0.1, 0.15) is 11.4 Å². The van der Waals surface area contributed by atoms with Gasteiger partial charge in [0.05, 0.1) is 16.9 Å². The summed E-state index contributed by atoms with van der Waals surface area (Å²) in [5.74, 6) is 0.958. The number of aromatic nitrogens is 2. The van der Waals surface area contributed by atoms with Crippen LogP contribution in [-0.4, -0.2) is 9.55 Å². The summed E-state index contributed by atoms with van der Waals surface area (Å²) in [4.78, 5) is 4.50. The molecule has 0 saturated carbocycles. The van der Waals surface area contributed by atoms with E-state index in [0.717, 1.165) is 22.4 Å². The fourth-order valence-electron chi connectivity index (χ4n) is 2.18. The Bertz CT molecular complexity index is 704. The van der Waals surface area contributed by atoms with Gasteiger partial charge in [-0.25, -0.2) is 9.37 Å². The van der Waals surface area contributed by atoms with Gasteiger partial charge in [-0.3, -0.25) is 0 Å². The van der Waals surface area contributed by atoms with E-state index in [-0.39, 0.29) is 5.82 Å². The van der Waals surface area contributed by atoms with Crippen LogP contribution >= 0.6 is 11.6 Å². The molecule has 4 heteroatoms. The minimum absolute atomic E-state index is 0.225. The van der Waals surface area contributed by atoms with E-state index in [1.54, 1.807) is 12.1 Å². The molecule has 0 saturated heterocycles. The van der Waals surface area contributed by atoms with E-state index in [0.29, 0.717) is 12.4 Å². The Morgan fingerprint density at radius 1 is 1.05 bits per heavy atom. The molecule has 0 N–H and O–H groups in total. The molecule has 0 aliphatic rings. The van der Waals surface area contributed by atoms with Crippen molar-refractivity contribution < 1.29 is 4.39 Å². The fraction of sp³-hybridized carbons (Fsp3) is 0.133. The highest BCUT2D eigenvalue weighted by molar-refractivity contribution is 6.16. The lowest BCUT2D eigenvalue weighted by molar-refractivity contribution is 0.626. The van der Waals surface area contributed by atoms with Gasteiger partial charge < -0.3 is 4.57 Å². The van der Waals surface area contributed by atoms with Crippen LogP contribution in [0.3, 0.4) is 0 Å². The number of para-hydroxylation sites is 2. The number of hydrogen-bond acceptors (Lipinski definition) is 1. The molecule has 19 heavy (non-hydrogen) atoms. The Hall–Kier alpha value is -1.87. The lowest BCUT2D eigenvalue weighted by atomic mass is 10.2. The van der Waals surface area contributed by atoms with Crippen molar-refractivity contribution in [3.63, 3.8) is 0 Å². The number of hydrogen-bond donors (Lipinski definition) is 0. The van der Waals surface area contributed by atoms with Crippen molar-refractivity contribution in [1.82, 2.24) is 9.55 Å². The molecule has 3 rings (SSSR count). The highest BCUT2D eigenvalue weighted by Gasteiger charge is 2.09. The normalized spacial score (nSPS) is 11.1. The van der Waals surface area contributed by atoms with E-state index in [9.17, 15) is 4.39 Å². The number of alkyl halides is 1. The SMILES string of the molecule is Fc1ccc(Cn2c(CCl)nc3ccccc32)cc1. The quantitative estimate of drug-likeness (QED) is 0.661. The van der Waals surface area contributed by atoms with Crippen molar-refractivity contribution >= 4 is 22.6 Å². The summed E-state index contributed by atoms with van der Waals surface area (Å²) in [6.07, 6.45) is 0. The number of fused-ring (bicyclic) bond motifs is 1. The summed E-state index contributed by atoms with van der Waals surface area (Å²) in [5, 5.41) is 0. The Morgan fingerprint density at radius 2 is 1.79 bits per heavy atom. The van der Waals surface area contributed by atoms with Crippen molar-refractivity contribution in [3.05, 3.63) is 65.7 Å². The molecule has 3 aromatic rings. The first-order valence-corrected chi connectivity index (χ1v) is 6.56. The van der Waals surface area contributed by atoms with E-state index in [4.69, 9.17) is 11.6 Å². The lowest BCUT2D eigenvalue weighted by Gasteiger charge is -2.07. The predicted molar refractivity (Wildman–Crippen MR) is 74.8 cm³/mol. The molecule has 2 aromatic carbocycles. The Balaban J connectivity index is 2.06. The zero-order valence-electron chi connectivity index (χ0n) is 10.2. The first-order valence-electron chi connectivity index (χ1n) is 6.02. The molecule has 0 radical (unpaired) electrons. The van der Waals surface area contributed by atoms with Crippen LogP contribution in [-0.2, 0) is 12.4 Å². The average Bonchev–Trinajstić information content (AvgIpc) is 2.79. The number of rotatable bonds is 3. The molecular weight excluding hydrogens is 263 g/mol. The highest BCUT2D eigenvalue weighted by atomic mass is 35.5. The van der Waals surface area contributed by atoms with Gasteiger partial charge in [-0.05, 0) is 29.8 Å². The van der Waals surface area contributed by atoms with Crippen molar-refractivity contribution in [2.45, 2.75) is 12.4 Å². The molecule has 96 valence electrons. The van der Waals surface area contributed by atoms with Gasteiger partial charge in [-0.1, -0.05) is 24.3 Å². The number of nitrogens with zero attached hydrogens (tertiary/aromatic N) is 2. The summed E-state index contributed by atoms with van der Waals surface area (Å²) in [6, 6.07) is 14.4. The molecule has 0 amide bonds. The van der Waals surface area contributed by atoms with E-state index in [2.05, 4.69) is 9.55 Å². The third-order valence-electron chi connectivity index (χ3n) is 3.11. The number of imidazole rings is 1. The predicted octanol–water partition coefficient (Wildman–Crippen LogP) is 3.96. The lowest BCUT2D eigenvalue weighted by Crippen LogP contribution is -2.03. The van der Waals surface area contributed by atoms with Crippen LogP contribution in [0.25, 0.3) is 11.0 Å². The standard InChI is InChI=1S/C15H12ClFN2/c16-9-15-18-13-3-1-2-4-14(13)19(15)10-11-5-7-12(17)8-6-11/h1-8H,9-10H2. The second-order valence-corrected chi connectivity index (χ2v) is 4.63. The first-order chi connectivity index (χ1) is 9.28. The molecular formula is C15H12ClFN2. The Labute approximate surface area is 115 Å². The van der Waals surface area contributed by atoms with Crippen molar-refractivity contribution in [1.29, 1.82) is 0 Å². The van der Waals surface area contributed by atoms with Crippen molar-refractivity contribution in [3.8, 4) is 0 Å². The van der Waals surface area contributed by atoms with Gasteiger partial charge in [-0.2, -0.15) is 0 Å². The topological polar surface area (TPSA) is 17.8 Å². The van der Waals surface area contributed by atoms with E-state index in [1.807, 2.05) is 24.3 Å². The fourth-order valence-corrected chi connectivity index (χ4v) is 2.38. The van der Waals surface area contributed by atoms with E-state index >= 15 is 0 Å². The molecule has 0 unspecified atom stereocenters. The molecule has 0 aliphatic heterocycles. The number of benzene rings is 2. The van der Waals surface area contributed by atoms with Gasteiger partial charge in [0.1, 0.15) is 11.6 Å². The minimum Gasteiger partial charge on any atom is -0.322 e. The van der Waals surface area contributed by atoms with Gasteiger partial charge in [-0.15, -0.1) is 11.6 Å². The van der Waals surface area contributed by atoms with Crippen molar-refractivity contribution in [2.24, 2.45) is 0 Å².